The van der Waals surface area contributed by atoms with Gasteiger partial charge in [0.25, 0.3) is 5.91 Å². The van der Waals surface area contributed by atoms with Crippen LogP contribution in [-0.2, 0) is 6.54 Å². The zero-order chi connectivity index (χ0) is 21.7. The Labute approximate surface area is 180 Å². The third-order valence-electron chi connectivity index (χ3n) is 4.67. The minimum absolute atomic E-state index is 0.0342. The molecule has 2 heterocycles. The van der Waals surface area contributed by atoms with Gasteiger partial charge in [-0.15, -0.1) is 0 Å². The van der Waals surface area contributed by atoms with Gasteiger partial charge in [0.05, 0.1) is 16.2 Å². The molecular weight excluding hydrogens is 404 g/mol. The van der Waals surface area contributed by atoms with Gasteiger partial charge in [0, 0.05) is 43.4 Å². The Hall–Kier alpha value is -3.10. The summed E-state index contributed by atoms with van der Waals surface area (Å²) in [6.07, 6.45) is 1.73. The number of aromatic nitrogens is 2. The fourth-order valence-electron chi connectivity index (χ4n) is 2.99. The number of benzene rings is 1. The molecule has 158 valence electrons. The van der Waals surface area contributed by atoms with Crippen molar-refractivity contribution in [2.24, 2.45) is 10.7 Å². The van der Waals surface area contributed by atoms with E-state index in [2.05, 4.69) is 39.0 Å². The van der Waals surface area contributed by atoms with Gasteiger partial charge in [-0.05, 0) is 25.2 Å². The van der Waals surface area contributed by atoms with E-state index in [9.17, 15) is 4.79 Å². The van der Waals surface area contributed by atoms with E-state index in [1.807, 2.05) is 6.07 Å². The maximum absolute atomic E-state index is 12.2. The van der Waals surface area contributed by atoms with Crippen LogP contribution in [-0.4, -0.2) is 46.9 Å². The van der Waals surface area contributed by atoms with Crippen molar-refractivity contribution in [3.63, 3.8) is 0 Å². The first-order valence-electron chi connectivity index (χ1n) is 9.67. The molecule has 9 heteroatoms. The van der Waals surface area contributed by atoms with E-state index in [1.165, 1.54) is 0 Å². The number of carbonyl (C=O) groups is 1. The van der Waals surface area contributed by atoms with Crippen molar-refractivity contribution in [3.05, 3.63) is 52.9 Å². The van der Waals surface area contributed by atoms with Crippen molar-refractivity contribution >= 4 is 34.4 Å². The summed E-state index contributed by atoms with van der Waals surface area (Å²) in [7, 11) is 1.59. The fourth-order valence-corrected chi connectivity index (χ4v) is 3.25. The number of guanidine groups is 1. The highest BCUT2D eigenvalue weighted by Gasteiger charge is 2.13. The molecular formula is C21H25ClN6O2. The summed E-state index contributed by atoms with van der Waals surface area (Å²) in [4.78, 5) is 25.7. The molecule has 0 bridgehead atoms. The second-order valence-corrected chi connectivity index (χ2v) is 7.06. The van der Waals surface area contributed by atoms with Crippen molar-refractivity contribution in [2.75, 3.05) is 20.1 Å². The van der Waals surface area contributed by atoms with E-state index < -0.39 is 5.91 Å². The van der Waals surface area contributed by atoms with Crippen molar-refractivity contribution < 1.29 is 9.53 Å². The highest BCUT2D eigenvalue weighted by molar-refractivity contribution is 6.35. The topological polar surface area (TPSA) is 109 Å². The summed E-state index contributed by atoms with van der Waals surface area (Å²) in [6, 6.07) is 8.85. The van der Waals surface area contributed by atoms with Crippen LogP contribution < -0.4 is 15.8 Å². The number of carbonyl (C=O) groups excluding carboxylic acids is 1. The van der Waals surface area contributed by atoms with Crippen LogP contribution in [0.25, 0.3) is 10.9 Å². The number of H-pyrrole nitrogens is 1. The molecule has 1 aromatic carbocycles. The predicted molar refractivity (Wildman–Crippen MR) is 119 cm³/mol. The van der Waals surface area contributed by atoms with E-state index in [4.69, 9.17) is 22.1 Å². The van der Waals surface area contributed by atoms with E-state index in [1.54, 1.807) is 37.5 Å². The Kier molecular flexibility index (Phi) is 6.91. The number of nitrogens with zero attached hydrogens (tertiary/aromatic N) is 3. The number of nitrogens with one attached hydrogen (secondary N) is 2. The Morgan fingerprint density at radius 3 is 2.73 bits per heavy atom. The van der Waals surface area contributed by atoms with Gasteiger partial charge in [-0.1, -0.05) is 25.4 Å². The number of amides is 1. The summed E-state index contributed by atoms with van der Waals surface area (Å²) in [5.41, 5.74) is 7.43. The predicted octanol–water partition coefficient (Wildman–Crippen LogP) is 3.52. The quantitative estimate of drug-likeness (QED) is 0.392. The van der Waals surface area contributed by atoms with Crippen molar-refractivity contribution in [3.8, 4) is 11.5 Å². The van der Waals surface area contributed by atoms with Gasteiger partial charge in [-0.3, -0.25) is 14.7 Å². The molecule has 0 atom stereocenters. The molecule has 0 aliphatic heterocycles. The van der Waals surface area contributed by atoms with Crippen LogP contribution >= 0.6 is 11.6 Å². The Morgan fingerprint density at radius 1 is 1.27 bits per heavy atom. The minimum atomic E-state index is -0.494. The van der Waals surface area contributed by atoms with E-state index in [-0.39, 0.29) is 11.7 Å². The average molecular weight is 429 g/mol. The first-order chi connectivity index (χ1) is 14.4. The Balaban J connectivity index is 1.84. The molecule has 0 unspecified atom stereocenters. The number of pyridine rings is 1. The zero-order valence-electron chi connectivity index (χ0n) is 17.2. The molecule has 0 saturated carbocycles. The largest absolute Gasteiger partial charge is 0.457 e. The average Bonchev–Trinajstić information content (AvgIpc) is 3.17. The van der Waals surface area contributed by atoms with Crippen LogP contribution in [0.3, 0.4) is 0 Å². The number of aromatic amines is 1. The maximum atomic E-state index is 12.2. The van der Waals surface area contributed by atoms with Gasteiger partial charge >= 0.3 is 0 Å². The summed E-state index contributed by atoms with van der Waals surface area (Å²) in [5, 5.41) is 3.77. The van der Waals surface area contributed by atoms with Crippen LogP contribution in [0.15, 0.2) is 41.5 Å². The number of fused-ring (bicyclic) bond motifs is 1. The highest BCUT2D eigenvalue weighted by Crippen LogP contribution is 2.32. The van der Waals surface area contributed by atoms with Gasteiger partial charge in [0.2, 0.25) is 0 Å². The number of halogens is 1. The van der Waals surface area contributed by atoms with Crippen LogP contribution in [0.5, 0.6) is 11.5 Å². The normalized spacial score (nSPS) is 11.8. The maximum Gasteiger partial charge on any atom is 0.296 e. The van der Waals surface area contributed by atoms with Gasteiger partial charge in [0.1, 0.15) is 17.2 Å². The SMILES string of the molecule is CCN(CC)Cc1cc(Oc2cc(Cl)c3cc(C(=O)N=C(N)NC)[nH]c3c2)ccn1. The third kappa shape index (κ3) is 5.08. The number of ether oxygens (including phenoxy) is 1. The molecule has 30 heavy (non-hydrogen) atoms. The van der Waals surface area contributed by atoms with Crippen LogP contribution in [0.4, 0.5) is 0 Å². The summed E-state index contributed by atoms with van der Waals surface area (Å²) in [5.74, 6) is 0.752. The van der Waals surface area contributed by atoms with E-state index >= 15 is 0 Å². The van der Waals surface area contributed by atoms with E-state index in [0.717, 1.165) is 25.3 Å². The van der Waals surface area contributed by atoms with Gasteiger partial charge in [-0.2, -0.15) is 4.99 Å². The molecule has 3 aromatic rings. The second kappa shape index (κ2) is 9.60. The molecule has 4 N–H and O–H groups in total. The molecule has 0 saturated heterocycles. The lowest BCUT2D eigenvalue weighted by atomic mass is 10.2. The lowest BCUT2D eigenvalue weighted by Gasteiger charge is -2.17. The van der Waals surface area contributed by atoms with Gasteiger partial charge < -0.3 is 20.8 Å². The highest BCUT2D eigenvalue weighted by atomic mass is 35.5. The summed E-state index contributed by atoms with van der Waals surface area (Å²) < 4.78 is 6.00. The molecule has 0 fully saturated rings. The Bertz CT molecular complexity index is 1070. The Morgan fingerprint density at radius 2 is 2.03 bits per heavy atom. The lowest BCUT2D eigenvalue weighted by Crippen LogP contribution is -2.28. The van der Waals surface area contributed by atoms with E-state index in [0.29, 0.717) is 27.4 Å². The van der Waals surface area contributed by atoms with Crippen LogP contribution in [0, 0.1) is 0 Å². The third-order valence-corrected chi connectivity index (χ3v) is 4.99. The molecule has 0 spiro atoms. The van der Waals surface area contributed by atoms with Gasteiger partial charge in [-0.25, -0.2) is 0 Å². The second-order valence-electron chi connectivity index (χ2n) is 6.65. The molecule has 8 nitrogen and oxygen atoms in total. The molecule has 0 aliphatic carbocycles. The monoisotopic (exact) mass is 428 g/mol. The molecule has 1 amide bonds. The van der Waals surface area contributed by atoms with Crippen LogP contribution in [0.2, 0.25) is 5.02 Å². The number of aliphatic imine (C=N–C) groups is 1. The molecule has 3 rings (SSSR count). The summed E-state index contributed by atoms with van der Waals surface area (Å²) >= 11 is 6.41. The number of nitrogens with two attached hydrogens (primary N) is 1. The van der Waals surface area contributed by atoms with Gasteiger partial charge in [0.15, 0.2) is 5.96 Å². The molecule has 2 aromatic heterocycles. The molecule has 0 aliphatic rings. The molecule has 0 radical (unpaired) electrons. The number of rotatable bonds is 7. The van der Waals surface area contributed by atoms with Crippen molar-refractivity contribution in [2.45, 2.75) is 20.4 Å². The lowest BCUT2D eigenvalue weighted by molar-refractivity contribution is 0.0998. The fraction of sp³-hybridized carbons (Fsp3) is 0.286. The smallest absolute Gasteiger partial charge is 0.296 e. The van der Waals surface area contributed by atoms with Crippen LogP contribution in [0.1, 0.15) is 30.0 Å². The number of hydrogen-bond donors (Lipinski definition) is 3. The summed E-state index contributed by atoms with van der Waals surface area (Å²) in [6.45, 7) is 6.90. The first kappa shape index (κ1) is 21.6. The van der Waals surface area contributed by atoms with Crippen molar-refractivity contribution in [1.29, 1.82) is 0 Å². The number of hydrogen-bond acceptors (Lipinski definition) is 4. The van der Waals surface area contributed by atoms with Crippen molar-refractivity contribution in [1.82, 2.24) is 20.2 Å². The zero-order valence-corrected chi connectivity index (χ0v) is 18.0. The minimum Gasteiger partial charge on any atom is -0.457 e. The standard InChI is InChI=1S/C21H25ClN6O2/c1-4-28(5-2)12-13-8-14(6-7-25-13)30-15-9-17(22)16-11-19(26-18(16)10-15)20(29)27-21(23)24-3/h6-11,26H,4-5,12H2,1-3H3,(H3,23,24,27,29). The first-order valence-corrected chi connectivity index (χ1v) is 10.0.